The molecular weight excluding hydrogens is 533 g/mol. The van der Waals surface area contributed by atoms with E-state index in [1.54, 1.807) is 18.2 Å². The Balaban J connectivity index is 1.40. The van der Waals surface area contributed by atoms with Gasteiger partial charge in [-0.25, -0.2) is 4.98 Å². The summed E-state index contributed by atoms with van der Waals surface area (Å²) in [5.74, 6) is -0.307. The molecule has 4 aromatic rings. The molecule has 0 radical (unpaired) electrons. The van der Waals surface area contributed by atoms with Gasteiger partial charge in [0.2, 0.25) is 5.91 Å². The number of thioether (sulfide) groups is 1. The summed E-state index contributed by atoms with van der Waals surface area (Å²) in [5, 5.41) is 8.83. The van der Waals surface area contributed by atoms with Gasteiger partial charge in [0.25, 0.3) is 5.91 Å². The van der Waals surface area contributed by atoms with Gasteiger partial charge < -0.3 is 10.6 Å². The highest BCUT2D eigenvalue weighted by molar-refractivity contribution is 8.00. The predicted octanol–water partition coefficient (Wildman–Crippen LogP) is 8.19. The highest BCUT2D eigenvalue weighted by Gasteiger charge is 2.20. The third kappa shape index (κ3) is 6.68. The minimum atomic E-state index is -0.329. The van der Waals surface area contributed by atoms with E-state index in [2.05, 4.69) is 15.6 Å². The maximum Gasteiger partial charge on any atom is 0.255 e. The van der Waals surface area contributed by atoms with E-state index < -0.39 is 0 Å². The van der Waals surface area contributed by atoms with Gasteiger partial charge in [-0.3, -0.25) is 9.59 Å². The Morgan fingerprint density at radius 3 is 2.56 bits per heavy atom. The lowest BCUT2D eigenvalue weighted by Crippen LogP contribution is -2.24. The van der Waals surface area contributed by atoms with E-state index in [4.69, 9.17) is 23.2 Å². The van der Waals surface area contributed by atoms with Crippen LogP contribution >= 0.6 is 46.3 Å². The molecule has 0 bridgehead atoms. The molecule has 0 saturated heterocycles. The highest BCUT2D eigenvalue weighted by atomic mass is 35.5. The topological polar surface area (TPSA) is 71.1 Å². The second-order valence-electron chi connectivity index (χ2n) is 8.02. The number of carbonyl (C=O) groups is 2. The van der Waals surface area contributed by atoms with Gasteiger partial charge in [-0.1, -0.05) is 60.0 Å². The summed E-state index contributed by atoms with van der Waals surface area (Å²) in [6.45, 7) is 3.91. The number of aromatic nitrogens is 1. The van der Waals surface area contributed by atoms with Gasteiger partial charge in [-0.2, -0.15) is 0 Å². The molecule has 4 rings (SSSR count). The molecule has 0 saturated carbocycles. The summed E-state index contributed by atoms with van der Waals surface area (Å²) in [6, 6.07) is 20.2. The lowest BCUT2D eigenvalue weighted by Gasteiger charge is -2.14. The molecule has 5 nitrogen and oxygen atoms in total. The monoisotopic (exact) mass is 555 g/mol. The summed E-state index contributed by atoms with van der Waals surface area (Å²) in [4.78, 5) is 31.0. The minimum absolute atomic E-state index is 0.133. The predicted molar refractivity (Wildman–Crippen MR) is 152 cm³/mol. The number of halogens is 2. The second-order valence-corrected chi connectivity index (χ2v) is 11.0. The molecule has 0 fully saturated rings. The first-order valence-corrected chi connectivity index (χ1v) is 13.7. The number of hydrogen-bond acceptors (Lipinski definition) is 5. The molecular formula is C27H23Cl2N3O2S2. The highest BCUT2D eigenvalue weighted by Crippen LogP contribution is 2.32. The molecule has 3 aromatic carbocycles. The van der Waals surface area contributed by atoms with Crippen molar-refractivity contribution in [2.75, 3.05) is 10.6 Å². The number of aryl methyl sites for hydroxylation is 1. The third-order valence-corrected chi connectivity index (χ3v) is 8.12. The van der Waals surface area contributed by atoms with Crippen LogP contribution in [0.5, 0.6) is 0 Å². The van der Waals surface area contributed by atoms with Crippen molar-refractivity contribution in [2.24, 2.45) is 0 Å². The molecule has 36 heavy (non-hydrogen) atoms. The molecule has 184 valence electrons. The zero-order valence-corrected chi connectivity index (χ0v) is 22.7. The maximum atomic E-state index is 13.0. The largest absolute Gasteiger partial charge is 0.322 e. The summed E-state index contributed by atoms with van der Waals surface area (Å²) >= 11 is 14.9. The standard InChI is InChI=1S/C27H23Cl2N3O2S2/c1-3-24(26(34)32-27-31-23(15-35-27)17-10-11-21(28)22(29)13-17)36-20-9-5-8-19(14-20)30-25(33)18-7-4-6-16(2)12-18/h4-15,24H,3H2,1-2H3,(H,30,33)(H,31,32,34). The normalized spacial score (nSPS) is 11.7. The number of carbonyl (C=O) groups excluding carboxylic acids is 2. The van der Waals surface area contributed by atoms with Crippen LogP contribution in [-0.2, 0) is 4.79 Å². The summed E-state index contributed by atoms with van der Waals surface area (Å²) in [6.07, 6.45) is 0.626. The van der Waals surface area contributed by atoms with Crippen molar-refractivity contribution in [1.82, 2.24) is 4.98 Å². The average Bonchev–Trinajstić information content (AvgIpc) is 3.32. The van der Waals surface area contributed by atoms with E-state index in [0.717, 1.165) is 16.0 Å². The first kappa shape index (κ1) is 26.2. The number of nitrogens with zero attached hydrogens (tertiary/aromatic N) is 1. The number of nitrogens with one attached hydrogen (secondary N) is 2. The van der Waals surface area contributed by atoms with E-state index in [1.165, 1.54) is 23.1 Å². The maximum absolute atomic E-state index is 13.0. The van der Waals surface area contributed by atoms with Gasteiger partial charge in [-0.05, 0) is 55.8 Å². The van der Waals surface area contributed by atoms with Crippen molar-refractivity contribution in [1.29, 1.82) is 0 Å². The van der Waals surface area contributed by atoms with Crippen LogP contribution in [0, 0.1) is 6.92 Å². The molecule has 0 aliphatic rings. The minimum Gasteiger partial charge on any atom is -0.322 e. The van der Waals surface area contributed by atoms with Crippen molar-refractivity contribution in [3.8, 4) is 11.3 Å². The Morgan fingerprint density at radius 1 is 1.00 bits per heavy atom. The Bertz CT molecular complexity index is 1410. The van der Waals surface area contributed by atoms with Crippen LogP contribution in [0.1, 0.15) is 29.3 Å². The van der Waals surface area contributed by atoms with Crippen molar-refractivity contribution >= 4 is 68.9 Å². The first-order chi connectivity index (χ1) is 17.3. The fourth-order valence-electron chi connectivity index (χ4n) is 3.43. The van der Waals surface area contributed by atoms with E-state index in [9.17, 15) is 9.59 Å². The smallest absolute Gasteiger partial charge is 0.255 e. The Morgan fingerprint density at radius 2 is 1.81 bits per heavy atom. The van der Waals surface area contributed by atoms with Crippen LogP contribution in [0.15, 0.2) is 77.0 Å². The molecule has 2 amide bonds. The van der Waals surface area contributed by atoms with Crippen molar-refractivity contribution in [2.45, 2.75) is 30.4 Å². The molecule has 0 spiro atoms. The van der Waals surface area contributed by atoms with Crippen LogP contribution < -0.4 is 10.6 Å². The van der Waals surface area contributed by atoms with Crippen LogP contribution in [0.25, 0.3) is 11.3 Å². The summed E-state index contributed by atoms with van der Waals surface area (Å²) in [5.41, 5.74) is 3.84. The van der Waals surface area contributed by atoms with Crippen molar-refractivity contribution < 1.29 is 9.59 Å². The van der Waals surface area contributed by atoms with E-state index >= 15 is 0 Å². The van der Waals surface area contributed by atoms with Gasteiger partial charge in [0.15, 0.2) is 5.13 Å². The van der Waals surface area contributed by atoms with E-state index in [-0.39, 0.29) is 17.1 Å². The summed E-state index contributed by atoms with van der Waals surface area (Å²) < 4.78 is 0. The van der Waals surface area contributed by atoms with Crippen molar-refractivity contribution in [3.05, 3.63) is 93.3 Å². The van der Waals surface area contributed by atoms with Gasteiger partial charge in [0.1, 0.15) is 0 Å². The molecule has 0 aliphatic heterocycles. The van der Waals surface area contributed by atoms with Gasteiger partial charge in [-0.15, -0.1) is 23.1 Å². The fourth-order valence-corrected chi connectivity index (χ4v) is 5.46. The van der Waals surface area contributed by atoms with Gasteiger partial charge in [0.05, 0.1) is 21.0 Å². The second kappa shape index (κ2) is 11.9. The number of benzene rings is 3. The van der Waals surface area contributed by atoms with Gasteiger partial charge in [0, 0.05) is 27.1 Å². The first-order valence-electron chi connectivity index (χ1n) is 11.2. The fraction of sp³-hybridized carbons (Fsp3) is 0.148. The number of amides is 2. The van der Waals surface area contributed by atoms with Crippen LogP contribution in [0.4, 0.5) is 10.8 Å². The Kier molecular flexibility index (Phi) is 8.69. The molecule has 1 heterocycles. The Labute approximate surface area is 228 Å². The number of anilines is 2. The number of thiazole rings is 1. The lowest BCUT2D eigenvalue weighted by molar-refractivity contribution is -0.115. The van der Waals surface area contributed by atoms with Crippen LogP contribution in [0.3, 0.4) is 0 Å². The lowest BCUT2D eigenvalue weighted by atomic mass is 10.1. The number of rotatable bonds is 8. The van der Waals surface area contributed by atoms with Crippen LogP contribution in [-0.4, -0.2) is 22.0 Å². The molecule has 1 aromatic heterocycles. The van der Waals surface area contributed by atoms with E-state index in [1.807, 2.05) is 67.8 Å². The molecule has 1 atom stereocenters. The van der Waals surface area contributed by atoms with Gasteiger partial charge >= 0.3 is 0 Å². The quantitative estimate of drug-likeness (QED) is 0.215. The molecule has 0 aliphatic carbocycles. The van der Waals surface area contributed by atoms with Crippen molar-refractivity contribution in [3.63, 3.8) is 0 Å². The molecule has 2 N–H and O–H groups in total. The molecule has 9 heteroatoms. The SMILES string of the molecule is CCC(Sc1cccc(NC(=O)c2cccc(C)c2)c1)C(=O)Nc1nc(-c2ccc(Cl)c(Cl)c2)cs1. The zero-order chi connectivity index (χ0) is 25.7. The Hall–Kier alpha value is -2.84. The summed E-state index contributed by atoms with van der Waals surface area (Å²) in [7, 11) is 0. The van der Waals surface area contributed by atoms with Crippen LogP contribution in [0.2, 0.25) is 10.0 Å². The average molecular weight is 557 g/mol. The number of hydrogen-bond donors (Lipinski definition) is 2. The van der Waals surface area contributed by atoms with E-state index in [0.29, 0.717) is 38.5 Å². The third-order valence-electron chi connectivity index (χ3n) is 5.26. The molecule has 1 unspecified atom stereocenters. The zero-order valence-electron chi connectivity index (χ0n) is 19.5.